The minimum absolute atomic E-state index is 0.0675. The van der Waals surface area contributed by atoms with Crippen molar-refractivity contribution < 1.29 is 35.9 Å². The Morgan fingerprint density at radius 3 is 2.35 bits per heavy atom. The summed E-state index contributed by atoms with van der Waals surface area (Å²) in [5, 5.41) is 6.43. The molecule has 0 spiro atoms. The average molecular weight is 565 g/mol. The van der Waals surface area contributed by atoms with Gasteiger partial charge in [0.25, 0.3) is 5.91 Å². The highest BCUT2D eigenvalue weighted by molar-refractivity contribution is 6.10. The zero-order chi connectivity index (χ0) is 28.9. The molecule has 1 aliphatic carbocycles. The van der Waals surface area contributed by atoms with Crippen molar-refractivity contribution in [2.45, 2.75) is 57.0 Å². The molecule has 0 saturated heterocycles. The fourth-order valence-electron chi connectivity index (χ4n) is 4.76. The van der Waals surface area contributed by atoms with Crippen LogP contribution in [0.15, 0.2) is 77.6 Å². The Morgan fingerprint density at radius 1 is 1.02 bits per heavy atom. The molecule has 2 atom stereocenters. The molecule has 3 aliphatic rings. The lowest BCUT2D eigenvalue weighted by Crippen LogP contribution is -2.49. The molecule has 0 radical (unpaired) electrons. The molecule has 1 fully saturated rings. The molecule has 212 valence electrons. The van der Waals surface area contributed by atoms with E-state index < -0.39 is 41.3 Å². The number of alkyl halides is 6. The van der Waals surface area contributed by atoms with Crippen LogP contribution in [0.4, 0.5) is 32.0 Å². The molecule has 40 heavy (non-hydrogen) atoms. The molecule has 0 bridgehead atoms. The van der Waals surface area contributed by atoms with Crippen LogP contribution < -0.4 is 20.3 Å². The number of ether oxygens (including phenoxy) is 1. The highest BCUT2D eigenvalue weighted by Crippen LogP contribution is 2.39. The third kappa shape index (κ3) is 5.95. The fourth-order valence-corrected chi connectivity index (χ4v) is 4.76. The van der Waals surface area contributed by atoms with E-state index in [1.54, 1.807) is 6.08 Å². The highest BCUT2D eigenvalue weighted by atomic mass is 19.4. The number of hydrogen-bond donors (Lipinski definition) is 2. The smallest absolute Gasteiger partial charge is 0.406 e. The van der Waals surface area contributed by atoms with Crippen LogP contribution in [0.3, 0.4) is 0 Å². The van der Waals surface area contributed by atoms with Gasteiger partial charge in [0, 0.05) is 5.69 Å². The van der Waals surface area contributed by atoms with Gasteiger partial charge in [-0.1, -0.05) is 12.1 Å². The summed E-state index contributed by atoms with van der Waals surface area (Å²) in [5.74, 6) is -0.605. The molecule has 2 heterocycles. The Hall–Kier alpha value is -3.96. The predicted molar refractivity (Wildman–Crippen MR) is 136 cm³/mol. The Labute approximate surface area is 226 Å². The van der Waals surface area contributed by atoms with Gasteiger partial charge in [-0.25, -0.2) is 0 Å². The lowest BCUT2D eigenvalue weighted by atomic mass is 9.96. The molecule has 5 rings (SSSR count). The fraction of sp³-hybridized carbons (Fsp3) is 0.357. The second-order valence-electron chi connectivity index (χ2n) is 10.4. The lowest BCUT2D eigenvalue weighted by Gasteiger charge is -2.31. The normalized spacial score (nSPS) is 21.6. The summed E-state index contributed by atoms with van der Waals surface area (Å²) in [4.78, 5) is 19.7. The number of nitrogens with zero attached hydrogens (tertiary/aromatic N) is 2. The van der Waals surface area contributed by atoms with Gasteiger partial charge in [-0.2, -0.15) is 13.2 Å². The van der Waals surface area contributed by atoms with Crippen molar-refractivity contribution in [3.8, 4) is 5.75 Å². The van der Waals surface area contributed by atoms with E-state index in [9.17, 15) is 31.1 Å². The van der Waals surface area contributed by atoms with Gasteiger partial charge in [-0.3, -0.25) is 14.7 Å². The first kappa shape index (κ1) is 27.6. The Bertz CT molecular complexity index is 1370. The molecule has 2 aromatic rings. The van der Waals surface area contributed by atoms with E-state index in [1.165, 1.54) is 23.1 Å². The third-order valence-corrected chi connectivity index (χ3v) is 6.90. The summed E-state index contributed by atoms with van der Waals surface area (Å²) in [5.41, 5.74) is -0.471. The van der Waals surface area contributed by atoms with Crippen molar-refractivity contribution in [2.75, 3.05) is 4.90 Å². The van der Waals surface area contributed by atoms with Crippen molar-refractivity contribution in [3.05, 3.63) is 83.7 Å². The first-order chi connectivity index (χ1) is 18.7. The van der Waals surface area contributed by atoms with Crippen LogP contribution >= 0.6 is 0 Å². The number of anilines is 1. The molecular formula is C28H26F6N4O2. The molecule has 1 amide bonds. The van der Waals surface area contributed by atoms with Crippen molar-refractivity contribution in [1.29, 1.82) is 0 Å². The van der Waals surface area contributed by atoms with Crippen LogP contribution in [0.2, 0.25) is 0 Å². The maximum atomic E-state index is 13.7. The zero-order valence-corrected chi connectivity index (χ0v) is 21.5. The van der Waals surface area contributed by atoms with E-state index in [1.807, 2.05) is 20.0 Å². The topological polar surface area (TPSA) is 66.0 Å². The Kier molecular flexibility index (Phi) is 6.83. The second-order valence-corrected chi connectivity index (χ2v) is 10.4. The minimum Gasteiger partial charge on any atom is -0.406 e. The zero-order valence-electron chi connectivity index (χ0n) is 21.5. The summed E-state index contributed by atoms with van der Waals surface area (Å²) in [6.45, 7) is 3.68. The average Bonchev–Trinajstić information content (AvgIpc) is 3.68. The van der Waals surface area contributed by atoms with E-state index >= 15 is 0 Å². The second kappa shape index (κ2) is 9.90. The van der Waals surface area contributed by atoms with Crippen molar-refractivity contribution in [1.82, 2.24) is 10.6 Å². The number of hydrogen-bond acceptors (Lipinski definition) is 5. The molecular weight excluding hydrogens is 538 g/mol. The quantitative estimate of drug-likeness (QED) is 0.391. The summed E-state index contributed by atoms with van der Waals surface area (Å²) in [6.07, 6.45) is -2.28. The van der Waals surface area contributed by atoms with E-state index in [2.05, 4.69) is 15.4 Å². The maximum Gasteiger partial charge on any atom is 0.573 e. The summed E-state index contributed by atoms with van der Waals surface area (Å²) < 4.78 is 82.2. The van der Waals surface area contributed by atoms with Crippen LogP contribution in [0.5, 0.6) is 5.75 Å². The number of benzene rings is 2. The van der Waals surface area contributed by atoms with Gasteiger partial charge < -0.3 is 15.4 Å². The molecule has 6 nitrogen and oxygen atoms in total. The maximum absolute atomic E-state index is 13.7. The SMILES string of the molecule is CC(C)(NC1=C[C@H](c2cccc(OC(F)(F)F)c2)N(c2ccc(C(F)(F)F)cc2)C1=O)C1=NC(C2CC2)NC=C1. The van der Waals surface area contributed by atoms with Gasteiger partial charge in [0.1, 0.15) is 11.9 Å². The van der Waals surface area contributed by atoms with Crippen LogP contribution in [0.1, 0.15) is 43.9 Å². The standard InChI is InChI=1S/C28H26F6N4O2/c1-26(2,23-12-13-35-24(36-23)16-6-7-16)37-21-15-22(17-4-3-5-20(14-17)40-28(32,33)34)38(25(21)39)19-10-8-18(9-11-19)27(29,30)31/h3-5,8-16,22,24,35,37H,6-7H2,1-2H3/t22-,24?/m1/s1. The predicted octanol–water partition coefficient (Wildman–Crippen LogP) is 6.24. The molecule has 12 heteroatoms. The van der Waals surface area contributed by atoms with E-state index in [0.29, 0.717) is 11.6 Å². The molecule has 2 aromatic carbocycles. The van der Waals surface area contributed by atoms with Crippen molar-refractivity contribution in [2.24, 2.45) is 10.9 Å². The largest absolute Gasteiger partial charge is 0.573 e. The number of carbonyl (C=O) groups is 1. The lowest BCUT2D eigenvalue weighted by molar-refractivity contribution is -0.274. The first-order valence-electron chi connectivity index (χ1n) is 12.6. The van der Waals surface area contributed by atoms with E-state index in [4.69, 9.17) is 4.99 Å². The molecule has 1 saturated carbocycles. The Balaban J connectivity index is 1.49. The molecule has 1 unspecified atom stereocenters. The number of rotatable bonds is 7. The molecule has 0 aromatic heterocycles. The summed E-state index contributed by atoms with van der Waals surface area (Å²) >= 11 is 0. The van der Waals surface area contributed by atoms with Gasteiger partial charge in [0.05, 0.1) is 28.6 Å². The monoisotopic (exact) mass is 564 g/mol. The van der Waals surface area contributed by atoms with Crippen molar-refractivity contribution >= 4 is 17.3 Å². The van der Waals surface area contributed by atoms with E-state index in [0.717, 1.165) is 49.2 Å². The molecule has 2 aliphatic heterocycles. The van der Waals surface area contributed by atoms with Gasteiger partial charge in [0.2, 0.25) is 0 Å². The van der Waals surface area contributed by atoms with Gasteiger partial charge >= 0.3 is 12.5 Å². The number of nitrogens with one attached hydrogen (secondary N) is 2. The van der Waals surface area contributed by atoms with Gasteiger partial charge in [-0.05, 0) is 92.9 Å². The van der Waals surface area contributed by atoms with Crippen LogP contribution in [0.25, 0.3) is 0 Å². The van der Waals surface area contributed by atoms with Crippen molar-refractivity contribution in [3.63, 3.8) is 0 Å². The Morgan fingerprint density at radius 2 is 1.73 bits per heavy atom. The third-order valence-electron chi connectivity index (χ3n) is 6.90. The van der Waals surface area contributed by atoms with Crippen LogP contribution in [-0.4, -0.2) is 29.7 Å². The minimum atomic E-state index is -4.93. The molecule has 2 N–H and O–H groups in total. The summed E-state index contributed by atoms with van der Waals surface area (Å²) in [7, 11) is 0. The van der Waals surface area contributed by atoms with Gasteiger partial charge in [0.15, 0.2) is 0 Å². The number of halogens is 6. The number of carbonyl (C=O) groups excluding carboxylic acids is 1. The van der Waals surface area contributed by atoms with Crippen LogP contribution in [-0.2, 0) is 11.0 Å². The number of aliphatic imine (C=N–C) groups is 1. The highest BCUT2D eigenvalue weighted by Gasteiger charge is 2.40. The number of amides is 1. The van der Waals surface area contributed by atoms with E-state index in [-0.39, 0.29) is 23.1 Å². The van der Waals surface area contributed by atoms with Gasteiger partial charge in [-0.15, -0.1) is 13.2 Å². The van der Waals surface area contributed by atoms with Crippen LogP contribution in [0, 0.1) is 5.92 Å². The first-order valence-corrected chi connectivity index (χ1v) is 12.6. The summed E-state index contributed by atoms with van der Waals surface area (Å²) in [6, 6.07) is 8.23.